The molecule has 1 rings (SSSR count). The molecule has 0 aromatic rings. The highest BCUT2D eigenvalue weighted by Crippen LogP contribution is 2.31. The Morgan fingerprint density at radius 1 is 1.78 bits per heavy atom. The lowest BCUT2D eigenvalue weighted by atomic mass is 10.4. The predicted octanol–water partition coefficient (Wildman–Crippen LogP) is 0.903. The molecule has 0 heterocycles. The zero-order valence-electron chi connectivity index (χ0n) is 5.29. The van der Waals surface area contributed by atoms with Crippen molar-refractivity contribution in [1.82, 2.24) is 4.72 Å². The predicted molar refractivity (Wildman–Crippen MR) is 44.8 cm³/mol. The molecule has 0 saturated heterocycles. The Labute approximate surface area is 62.7 Å². The molecular weight excluding hydrogens is 154 g/mol. The van der Waals surface area contributed by atoms with Crippen molar-refractivity contribution < 1.29 is 4.79 Å². The van der Waals surface area contributed by atoms with Gasteiger partial charge in [-0.2, -0.15) is 0 Å². The molecule has 1 saturated carbocycles. The Kier molecular flexibility index (Phi) is 2.29. The molecule has 1 unspecified atom stereocenters. The Morgan fingerprint density at radius 2 is 2.33 bits per heavy atom. The van der Waals surface area contributed by atoms with Crippen molar-refractivity contribution in [3.63, 3.8) is 0 Å². The molecule has 0 aromatic carbocycles. The largest absolute Gasteiger partial charge is 0.312 e. The molecule has 2 nitrogen and oxygen atoms in total. The van der Waals surface area contributed by atoms with Crippen LogP contribution in [0.5, 0.6) is 0 Å². The van der Waals surface area contributed by atoms with Crippen LogP contribution in [0.3, 0.4) is 0 Å². The van der Waals surface area contributed by atoms with Gasteiger partial charge in [0.15, 0.2) is 0 Å². The van der Waals surface area contributed by atoms with Crippen molar-refractivity contribution in [3.8, 4) is 0 Å². The number of hydrogen-bond donors (Lipinski definition) is 3. The van der Waals surface area contributed by atoms with E-state index in [0.29, 0.717) is 5.92 Å². The lowest BCUT2D eigenvalue weighted by Gasteiger charge is -2.09. The van der Waals surface area contributed by atoms with Crippen molar-refractivity contribution in [1.29, 1.82) is 0 Å². The fourth-order valence-corrected chi connectivity index (χ4v) is 1.39. The summed E-state index contributed by atoms with van der Waals surface area (Å²) in [6.07, 6.45) is 4.06. The molecule has 1 aliphatic rings. The van der Waals surface area contributed by atoms with Crippen LogP contribution in [-0.4, -0.2) is 12.2 Å². The maximum absolute atomic E-state index is 10.9. The lowest BCUT2D eigenvalue weighted by Crippen LogP contribution is -2.18. The summed E-state index contributed by atoms with van der Waals surface area (Å²) in [5, 5.41) is 0. The highest BCUT2D eigenvalue weighted by atomic mass is 33.1. The van der Waals surface area contributed by atoms with E-state index in [1.54, 1.807) is 0 Å². The average Bonchev–Trinajstić information content (AvgIpc) is 2.40. The number of carbonyl (C=O) groups excluding carboxylic acids is 1. The molecular formula is C5H11NOS2. The van der Waals surface area contributed by atoms with E-state index < -0.39 is 10.1 Å². The van der Waals surface area contributed by atoms with Gasteiger partial charge in [0.2, 0.25) is 5.91 Å². The van der Waals surface area contributed by atoms with Crippen LogP contribution in [0.4, 0.5) is 0 Å². The molecule has 1 fully saturated rings. The third-order valence-corrected chi connectivity index (χ3v) is 2.06. The Morgan fingerprint density at radius 3 is 2.67 bits per heavy atom. The van der Waals surface area contributed by atoms with Crippen molar-refractivity contribution in [3.05, 3.63) is 0 Å². The zero-order valence-corrected chi connectivity index (χ0v) is 7.08. The van der Waals surface area contributed by atoms with Crippen LogP contribution in [0.15, 0.2) is 0 Å². The highest BCUT2D eigenvalue weighted by Gasteiger charge is 2.29. The third kappa shape index (κ3) is 2.49. The average molecular weight is 165 g/mol. The van der Waals surface area contributed by atoms with Gasteiger partial charge in [-0.3, -0.25) is 4.79 Å². The summed E-state index contributed by atoms with van der Waals surface area (Å²) < 4.78 is 2.79. The summed E-state index contributed by atoms with van der Waals surface area (Å²) >= 11 is 4.09. The maximum Gasteiger partial charge on any atom is 0.232 e. The summed E-state index contributed by atoms with van der Waals surface area (Å²) in [5.74, 6) is 0.515. The van der Waals surface area contributed by atoms with E-state index in [1.807, 2.05) is 6.26 Å². The minimum Gasteiger partial charge on any atom is -0.312 e. The molecule has 0 aliphatic heterocycles. The van der Waals surface area contributed by atoms with Crippen LogP contribution in [0, 0.1) is 5.92 Å². The van der Waals surface area contributed by atoms with Crippen molar-refractivity contribution >= 4 is 27.7 Å². The smallest absolute Gasteiger partial charge is 0.232 e. The topological polar surface area (TPSA) is 29.1 Å². The second-order valence-corrected chi connectivity index (χ2v) is 5.34. The standard InChI is InChI=1S/C5H11NOS2/c1-9(8)6-5(7)4-2-3-4/h4,8-9H,2-3H2,1H3,(H,6,7). The first-order valence-corrected chi connectivity index (χ1v) is 5.87. The molecule has 1 amide bonds. The van der Waals surface area contributed by atoms with Gasteiger partial charge in [0, 0.05) is 5.92 Å². The summed E-state index contributed by atoms with van der Waals surface area (Å²) in [5.41, 5.74) is 0. The van der Waals surface area contributed by atoms with E-state index in [-0.39, 0.29) is 5.91 Å². The second kappa shape index (κ2) is 2.84. The SMILES string of the molecule is C[SH](S)NC(=O)C1CC1. The molecule has 4 heteroatoms. The summed E-state index contributed by atoms with van der Waals surface area (Å²) in [6, 6.07) is 0. The first-order chi connectivity index (χ1) is 4.20. The number of carbonyl (C=O) groups is 1. The van der Waals surface area contributed by atoms with Gasteiger partial charge in [0.1, 0.15) is 0 Å². The van der Waals surface area contributed by atoms with Crippen LogP contribution < -0.4 is 4.72 Å². The Bertz CT molecular complexity index is 122. The first kappa shape index (κ1) is 7.28. The van der Waals surface area contributed by atoms with Crippen molar-refractivity contribution in [2.45, 2.75) is 12.8 Å². The fraction of sp³-hybridized carbons (Fsp3) is 0.800. The lowest BCUT2D eigenvalue weighted by molar-refractivity contribution is -0.120. The molecule has 0 radical (unpaired) electrons. The van der Waals surface area contributed by atoms with Gasteiger partial charge in [-0.05, 0) is 19.1 Å². The number of amides is 1. The molecule has 54 valence electrons. The molecule has 9 heavy (non-hydrogen) atoms. The van der Waals surface area contributed by atoms with Crippen LogP contribution in [0.1, 0.15) is 12.8 Å². The van der Waals surface area contributed by atoms with E-state index in [9.17, 15) is 4.79 Å². The van der Waals surface area contributed by atoms with Gasteiger partial charge in [-0.25, -0.2) is 0 Å². The highest BCUT2D eigenvalue weighted by molar-refractivity contribution is 8.77. The van der Waals surface area contributed by atoms with Gasteiger partial charge >= 0.3 is 0 Å². The van der Waals surface area contributed by atoms with Gasteiger partial charge < -0.3 is 4.72 Å². The molecule has 1 atom stereocenters. The van der Waals surface area contributed by atoms with Crippen molar-refractivity contribution in [2.24, 2.45) is 5.92 Å². The van der Waals surface area contributed by atoms with E-state index in [0.717, 1.165) is 12.8 Å². The van der Waals surface area contributed by atoms with Crippen LogP contribution in [-0.2, 0) is 4.79 Å². The third-order valence-electron chi connectivity index (χ3n) is 1.22. The minimum atomic E-state index is -0.537. The summed E-state index contributed by atoms with van der Waals surface area (Å²) in [4.78, 5) is 10.9. The second-order valence-electron chi connectivity index (χ2n) is 2.27. The number of nitrogens with one attached hydrogen (secondary N) is 1. The van der Waals surface area contributed by atoms with Gasteiger partial charge in [0.25, 0.3) is 0 Å². The summed E-state index contributed by atoms with van der Waals surface area (Å²) in [7, 11) is -0.537. The zero-order chi connectivity index (χ0) is 6.85. The van der Waals surface area contributed by atoms with E-state index >= 15 is 0 Å². The van der Waals surface area contributed by atoms with Gasteiger partial charge in [0.05, 0.1) is 0 Å². The molecule has 0 bridgehead atoms. The van der Waals surface area contributed by atoms with Crippen LogP contribution in [0.2, 0.25) is 0 Å². The normalized spacial score (nSPS) is 23.1. The first-order valence-electron chi connectivity index (χ1n) is 2.93. The Hall–Kier alpha value is 0.170. The van der Waals surface area contributed by atoms with E-state index in [2.05, 4.69) is 16.4 Å². The minimum absolute atomic E-state index is 0.193. The monoisotopic (exact) mass is 165 g/mol. The van der Waals surface area contributed by atoms with Gasteiger partial charge in [-0.15, -0.1) is 21.8 Å². The molecule has 0 aromatic heterocycles. The van der Waals surface area contributed by atoms with E-state index in [4.69, 9.17) is 0 Å². The molecule has 1 aliphatic carbocycles. The Balaban J connectivity index is 2.18. The molecule has 0 spiro atoms. The maximum atomic E-state index is 10.9. The number of thiol groups is 2. The number of hydrogen-bond acceptors (Lipinski definition) is 2. The van der Waals surface area contributed by atoms with Crippen LogP contribution in [0.25, 0.3) is 0 Å². The van der Waals surface area contributed by atoms with Crippen LogP contribution >= 0.6 is 21.8 Å². The number of rotatable bonds is 2. The fourth-order valence-electron chi connectivity index (χ4n) is 0.596. The van der Waals surface area contributed by atoms with Gasteiger partial charge in [-0.1, -0.05) is 0 Å². The van der Waals surface area contributed by atoms with E-state index in [1.165, 1.54) is 0 Å². The summed E-state index contributed by atoms with van der Waals surface area (Å²) in [6.45, 7) is 0. The quantitative estimate of drug-likeness (QED) is 0.412. The molecule has 1 N–H and O–H groups in total. The van der Waals surface area contributed by atoms with Crippen molar-refractivity contribution in [2.75, 3.05) is 6.26 Å².